The van der Waals surface area contributed by atoms with E-state index in [4.69, 9.17) is 0 Å². The molecule has 3 aliphatic rings. The lowest BCUT2D eigenvalue weighted by molar-refractivity contribution is -0.851. The summed E-state index contributed by atoms with van der Waals surface area (Å²) in [5.74, 6) is 0.0928. The molecule has 0 radical (unpaired) electrons. The number of piperazine rings is 1. The van der Waals surface area contributed by atoms with E-state index in [1.807, 2.05) is 4.90 Å². The number of carbonyl (C=O) groups excluding carboxylic acids is 1. The molecule has 0 aromatic rings. The number of nitrogens with one attached hydrogen (secondary N) is 2. The summed E-state index contributed by atoms with van der Waals surface area (Å²) < 4.78 is 0. The number of hydrogen-bond donors (Lipinski definition) is 2. The SMILES string of the molecule is O=C(C1CCC[NH+]1[O-])N1CCNC2(CC2)C1. The minimum atomic E-state index is -0.311. The monoisotopic (exact) mass is 225 g/mol. The zero-order valence-electron chi connectivity index (χ0n) is 9.50. The fraction of sp³-hybridized carbons (Fsp3) is 0.909. The Labute approximate surface area is 95.4 Å². The standard InChI is InChI=1S/C11H19N3O2/c15-10(9-2-1-6-14(9)16)13-7-5-12-11(8-13)3-4-11/h9,12,14H,1-8H2. The van der Waals surface area contributed by atoms with Crippen LogP contribution in [0.25, 0.3) is 0 Å². The van der Waals surface area contributed by atoms with Gasteiger partial charge >= 0.3 is 0 Å². The Morgan fingerprint density at radius 1 is 1.50 bits per heavy atom. The maximum Gasteiger partial charge on any atom is 0.281 e. The van der Waals surface area contributed by atoms with E-state index in [1.165, 1.54) is 12.8 Å². The van der Waals surface area contributed by atoms with Gasteiger partial charge in [-0.2, -0.15) is 0 Å². The van der Waals surface area contributed by atoms with Crippen molar-refractivity contribution in [2.75, 3.05) is 26.2 Å². The molecule has 5 nitrogen and oxygen atoms in total. The molecular formula is C11H19N3O2. The third-order valence-electron chi connectivity index (χ3n) is 4.14. The van der Waals surface area contributed by atoms with Gasteiger partial charge in [-0.3, -0.25) is 4.79 Å². The third kappa shape index (κ3) is 1.73. The Morgan fingerprint density at radius 3 is 2.94 bits per heavy atom. The Bertz CT molecular complexity index is 304. The van der Waals surface area contributed by atoms with Gasteiger partial charge in [-0.25, -0.2) is 0 Å². The lowest BCUT2D eigenvalue weighted by Crippen LogP contribution is -3.10. The molecule has 2 unspecified atom stereocenters. The van der Waals surface area contributed by atoms with Gasteiger partial charge in [0.2, 0.25) is 0 Å². The largest absolute Gasteiger partial charge is 0.634 e. The molecule has 3 rings (SSSR count). The number of amides is 1. The molecule has 3 fully saturated rings. The van der Waals surface area contributed by atoms with Crippen LogP contribution in [0.4, 0.5) is 0 Å². The zero-order chi connectivity index (χ0) is 11.2. The van der Waals surface area contributed by atoms with E-state index in [2.05, 4.69) is 5.32 Å². The Kier molecular flexibility index (Phi) is 2.42. The lowest BCUT2D eigenvalue weighted by atomic mass is 10.1. The lowest BCUT2D eigenvalue weighted by Gasteiger charge is -2.36. The highest BCUT2D eigenvalue weighted by molar-refractivity contribution is 5.81. The van der Waals surface area contributed by atoms with E-state index < -0.39 is 0 Å². The second-order valence-corrected chi connectivity index (χ2v) is 5.38. The van der Waals surface area contributed by atoms with E-state index in [-0.39, 0.29) is 22.6 Å². The van der Waals surface area contributed by atoms with E-state index in [9.17, 15) is 10.0 Å². The third-order valence-corrected chi connectivity index (χ3v) is 4.14. The first-order valence-corrected chi connectivity index (χ1v) is 6.27. The van der Waals surface area contributed by atoms with Crippen molar-refractivity contribution >= 4 is 5.91 Å². The normalized spacial score (nSPS) is 36.7. The van der Waals surface area contributed by atoms with E-state index >= 15 is 0 Å². The molecule has 0 bridgehead atoms. The van der Waals surface area contributed by atoms with E-state index in [1.54, 1.807) is 0 Å². The van der Waals surface area contributed by atoms with Crippen LogP contribution in [0.2, 0.25) is 0 Å². The summed E-state index contributed by atoms with van der Waals surface area (Å²) in [5.41, 5.74) is 0.218. The van der Waals surface area contributed by atoms with Crippen molar-refractivity contribution in [3.8, 4) is 0 Å². The van der Waals surface area contributed by atoms with E-state index in [0.29, 0.717) is 6.54 Å². The second-order valence-electron chi connectivity index (χ2n) is 5.38. The minimum Gasteiger partial charge on any atom is -0.634 e. The van der Waals surface area contributed by atoms with Gasteiger partial charge in [-0.05, 0) is 12.8 Å². The van der Waals surface area contributed by atoms with Gasteiger partial charge in [0.25, 0.3) is 5.91 Å². The van der Waals surface area contributed by atoms with Crippen LogP contribution in [0, 0.1) is 5.21 Å². The first kappa shape index (κ1) is 10.5. The molecule has 0 aromatic heterocycles. The van der Waals surface area contributed by atoms with Crippen molar-refractivity contribution in [1.29, 1.82) is 0 Å². The van der Waals surface area contributed by atoms with Crippen molar-refractivity contribution in [2.45, 2.75) is 37.3 Å². The topological polar surface area (TPSA) is 59.8 Å². The fourth-order valence-corrected chi connectivity index (χ4v) is 2.93. The molecule has 1 aliphatic carbocycles. The molecule has 2 aliphatic heterocycles. The van der Waals surface area contributed by atoms with Crippen molar-refractivity contribution in [3.05, 3.63) is 5.21 Å². The maximum atomic E-state index is 12.2. The van der Waals surface area contributed by atoms with Gasteiger partial charge in [0.15, 0.2) is 6.04 Å². The maximum absolute atomic E-state index is 12.2. The summed E-state index contributed by atoms with van der Waals surface area (Å²) in [5, 5.41) is 15.2. The second kappa shape index (κ2) is 3.68. The molecule has 5 heteroatoms. The molecule has 90 valence electrons. The highest BCUT2D eigenvalue weighted by Gasteiger charge is 2.48. The average Bonchev–Trinajstić information content (AvgIpc) is 2.88. The number of nitrogens with zero attached hydrogens (tertiary/aromatic N) is 1. The average molecular weight is 225 g/mol. The van der Waals surface area contributed by atoms with Gasteiger partial charge in [0.1, 0.15) is 0 Å². The fourth-order valence-electron chi connectivity index (χ4n) is 2.93. The zero-order valence-corrected chi connectivity index (χ0v) is 9.50. The van der Waals surface area contributed by atoms with Crippen LogP contribution in [-0.2, 0) is 4.79 Å². The van der Waals surface area contributed by atoms with Crippen LogP contribution in [-0.4, -0.2) is 48.6 Å². The molecule has 2 saturated heterocycles. The molecule has 2 heterocycles. The summed E-state index contributed by atoms with van der Waals surface area (Å²) in [6, 6.07) is -0.311. The summed E-state index contributed by atoms with van der Waals surface area (Å²) in [7, 11) is 0. The van der Waals surface area contributed by atoms with Crippen molar-refractivity contribution in [1.82, 2.24) is 10.2 Å². The minimum absolute atomic E-state index is 0.0928. The van der Waals surface area contributed by atoms with Gasteiger partial charge in [-0.1, -0.05) is 0 Å². The van der Waals surface area contributed by atoms with Crippen LogP contribution in [0.3, 0.4) is 0 Å². The van der Waals surface area contributed by atoms with Crippen molar-refractivity contribution in [3.63, 3.8) is 0 Å². The molecule has 1 amide bonds. The molecule has 2 N–H and O–H groups in total. The molecule has 1 spiro atoms. The van der Waals surface area contributed by atoms with Crippen LogP contribution >= 0.6 is 0 Å². The van der Waals surface area contributed by atoms with Crippen LogP contribution < -0.4 is 10.4 Å². The van der Waals surface area contributed by atoms with Crippen LogP contribution in [0.5, 0.6) is 0 Å². The van der Waals surface area contributed by atoms with Crippen LogP contribution in [0.1, 0.15) is 25.7 Å². The molecule has 1 saturated carbocycles. The summed E-state index contributed by atoms with van der Waals surface area (Å²) in [6.45, 7) is 3.07. The molecule has 0 aromatic carbocycles. The number of rotatable bonds is 1. The van der Waals surface area contributed by atoms with Crippen molar-refractivity contribution < 1.29 is 9.86 Å². The quantitative estimate of drug-likeness (QED) is 0.534. The van der Waals surface area contributed by atoms with Gasteiger partial charge in [0, 0.05) is 38.0 Å². The smallest absolute Gasteiger partial charge is 0.281 e. The Balaban J connectivity index is 1.65. The summed E-state index contributed by atoms with van der Waals surface area (Å²) in [6.07, 6.45) is 4.02. The number of quaternary nitrogens is 1. The predicted molar refractivity (Wildman–Crippen MR) is 58.8 cm³/mol. The van der Waals surface area contributed by atoms with Gasteiger partial charge in [0.05, 0.1) is 6.54 Å². The summed E-state index contributed by atoms with van der Waals surface area (Å²) in [4.78, 5) is 14.1. The first-order valence-electron chi connectivity index (χ1n) is 6.27. The number of carbonyl (C=O) groups is 1. The highest BCUT2D eigenvalue weighted by atomic mass is 16.5. The first-order chi connectivity index (χ1) is 7.70. The van der Waals surface area contributed by atoms with Gasteiger partial charge < -0.3 is 20.5 Å². The molecule has 2 atom stereocenters. The predicted octanol–water partition coefficient (Wildman–Crippen LogP) is -1.50. The van der Waals surface area contributed by atoms with E-state index in [0.717, 1.165) is 32.5 Å². The summed E-state index contributed by atoms with van der Waals surface area (Å²) >= 11 is 0. The van der Waals surface area contributed by atoms with Crippen molar-refractivity contribution in [2.24, 2.45) is 0 Å². The highest BCUT2D eigenvalue weighted by Crippen LogP contribution is 2.37. The number of hydroxylamine groups is 2. The Morgan fingerprint density at radius 2 is 2.31 bits per heavy atom. The Hall–Kier alpha value is -0.650. The molecule has 16 heavy (non-hydrogen) atoms. The van der Waals surface area contributed by atoms with Crippen LogP contribution in [0.15, 0.2) is 0 Å². The molecular weight excluding hydrogens is 206 g/mol. The van der Waals surface area contributed by atoms with Gasteiger partial charge in [-0.15, -0.1) is 0 Å². The number of hydrogen-bond acceptors (Lipinski definition) is 3.